The number of ether oxygens (including phenoxy) is 2. The number of aliphatic imine (C=N–C) groups is 1. The molecule has 2 saturated carbocycles. The fourth-order valence-corrected chi connectivity index (χ4v) is 5.33. The van der Waals surface area contributed by atoms with Crippen LogP contribution in [0.25, 0.3) is 0 Å². The lowest BCUT2D eigenvalue weighted by molar-refractivity contribution is -0.127. The Hall–Kier alpha value is -2.28. The third-order valence-corrected chi connectivity index (χ3v) is 7.14. The van der Waals surface area contributed by atoms with Crippen molar-refractivity contribution in [3.05, 3.63) is 29.8 Å². The van der Waals surface area contributed by atoms with Gasteiger partial charge in [0.05, 0.1) is 18.8 Å². The van der Waals surface area contributed by atoms with Crippen molar-refractivity contribution in [3.63, 3.8) is 0 Å². The molecule has 3 aliphatic rings. The maximum atomic E-state index is 12.2. The molecule has 31 heavy (non-hydrogen) atoms. The molecule has 3 unspecified atom stereocenters. The first-order valence-corrected chi connectivity index (χ1v) is 11.6. The van der Waals surface area contributed by atoms with Crippen molar-refractivity contribution in [3.8, 4) is 5.75 Å². The maximum absolute atomic E-state index is 12.2. The molecule has 0 aromatic heterocycles. The Morgan fingerprint density at radius 1 is 1.26 bits per heavy atom. The van der Waals surface area contributed by atoms with Gasteiger partial charge in [-0.1, -0.05) is 31.0 Å². The summed E-state index contributed by atoms with van der Waals surface area (Å²) in [6.07, 6.45) is 7.07. The van der Waals surface area contributed by atoms with Gasteiger partial charge in [0.25, 0.3) is 0 Å². The zero-order valence-corrected chi connectivity index (χ0v) is 19.0. The van der Waals surface area contributed by atoms with E-state index in [9.17, 15) is 4.79 Å². The Balaban J connectivity index is 1.52. The smallest absolute Gasteiger partial charge is 0.243 e. The number of guanidine groups is 1. The van der Waals surface area contributed by atoms with Crippen molar-refractivity contribution in [2.45, 2.75) is 63.6 Å². The topological polar surface area (TPSA) is 75.2 Å². The van der Waals surface area contributed by atoms with Crippen molar-refractivity contribution < 1.29 is 14.3 Å². The Bertz CT molecular complexity index is 804. The molecule has 2 fully saturated rings. The van der Waals surface area contributed by atoms with E-state index >= 15 is 0 Å². The fraction of sp³-hybridized carbons (Fsp3) is 0.667. The van der Waals surface area contributed by atoms with E-state index in [-0.39, 0.29) is 23.9 Å². The lowest BCUT2D eigenvalue weighted by Gasteiger charge is -2.54. The van der Waals surface area contributed by atoms with Gasteiger partial charge in [0.1, 0.15) is 12.3 Å². The molecular formula is C24H36N4O3. The van der Waals surface area contributed by atoms with Crippen molar-refractivity contribution in [2.75, 3.05) is 33.9 Å². The summed E-state index contributed by atoms with van der Waals surface area (Å²) in [5.41, 5.74) is 1.33. The van der Waals surface area contributed by atoms with Crippen LogP contribution in [0.3, 0.4) is 0 Å². The van der Waals surface area contributed by atoms with Crippen LogP contribution >= 0.6 is 0 Å². The van der Waals surface area contributed by atoms with Gasteiger partial charge in [0, 0.05) is 44.1 Å². The molecule has 1 aromatic carbocycles. The normalized spacial score (nSPS) is 26.5. The van der Waals surface area contributed by atoms with Gasteiger partial charge in [-0.05, 0) is 32.3 Å². The summed E-state index contributed by atoms with van der Waals surface area (Å²) < 4.78 is 11.9. The van der Waals surface area contributed by atoms with Gasteiger partial charge in [-0.15, -0.1) is 0 Å². The monoisotopic (exact) mass is 428 g/mol. The summed E-state index contributed by atoms with van der Waals surface area (Å²) in [5, 5.41) is 7.30. The zero-order chi connectivity index (χ0) is 21.8. The molecule has 0 bridgehead atoms. The van der Waals surface area contributed by atoms with Crippen molar-refractivity contribution in [2.24, 2.45) is 10.4 Å². The highest BCUT2D eigenvalue weighted by molar-refractivity contribution is 5.85. The molecular weight excluding hydrogens is 392 g/mol. The number of benzene rings is 1. The Kier molecular flexibility index (Phi) is 6.70. The molecule has 4 rings (SSSR count). The second-order valence-corrected chi connectivity index (χ2v) is 9.14. The average Bonchev–Trinajstić information content (AvgIpc) is 3.30. The molecule has 3 atom stereocenters. The van der Waals surface area contributed by atoms with E-state index in [0.29, 0.717) is 24.7 Å². The fourth-order valence-electron chi connectivity index (χ4n) is 5.33. The quantitative estimate of drug-likeness (QED) is 0.538. The van der Waals surface area contributed by atoms with Gasteiger partial charge >= 0.3 is 0 Å². The number of nitrogens with one attached hydrogen (secondary N) is 2. The molecule has 1 spiro atoms. The Morgan fingerprint density at radius 2 is 2.03 bits per heavy atom. The van der Waals surface area contributed by atoms with E-state index < -0.39 is 0 Å². The van der Waals surface area contributed by atoms with E-state index in [4.69, 9.17) is 9.47 Å². The summed E-state index contributed by atoms with van der Waals surface area (Å²) >= 11 is 0. The van der Waals surface area contributed by atoms with Crippen molar-refractivity contribution >= 4 is 11.9 Å². The maximum Gasteiger partial charge on any atom is 0.243 e. The van der Waals surface area contributed by atoms with Crippen LogP contribution in [0.5, 0.6) is 5.75 Å². The average molecular weight is 429 g/mol. The van der Waals surface area contributed by atoms with Crippen molar-refractivity contribution in [1.82, 2.24) is 15.5 Å². The predicted molar refractivity (Wildman–Crippen MR) is 121 cm³/mol. The second kappa shape index (κ2) is 9.47. The van der Waals surface area contributed by atoms with Gasteiger partial charge in [0.15, 0.2) is 5.96 Å². The molecule has 0 saturated heterocycles. The number of nitrogens with zero attached hydrogens (tertiary/aromatic N) is 2. The minimum Gasteiger partial charge on any atom is -0.493 e. The standard InChI is InChI=1S/C24H36N4O3/c1-4-30-21-15-20(24(21)12-7-8-13-24)27-23(25-16-22(29)28(2)3)26-18-11-14-31-19-10-6-5-9-17(18)19/h5-6,9-10,18,20-21H,4,7-8,11-16H2,1-3H3,(H2,25,26,27). The van der Waals surface area contributed by atoms with Crippen LogP contribution in [-0.4, -0.2) is 62.8 Å². The summed E-state index contributed by atoms with van der Waals surface area (Å²) in [4.78, 5) is 18.5. The molecule has 7 heteroatoms. The van der Waals surface area contributed by atoms with E-state index in [1.807, 2.05) is 18.2 Å². The second-order valence-electron chi connectivity index (χ2n) is 9.14. The molecule has 2 aliphatic carbocycles. The highest BCUT2D eigenvalue weighted by Crippen LogP contribution is 2.54. The molecule has 7 nitrogen and oxygen atoms in total. The SMILES string of the molecule is CCOC1CC(NC(=NCC(=O)N(C)C)NC2CCOc3ccccc32)C12CCCC2. The summed E-state index contributed by atoms with van der Waals surface area (Å²) in [7, 11) is 3.53. The Morgan fingerprint density at radius 3 is 2.77 bits per heavy atom. The highest BCUT2D eigenvalue weighted by atomic mass is 16.5. The van der Waals surface area contributed by atoms with Crippen LogP contribution in [-0.2, 0) is 9.53 Å². The molecule has 1 aliphatic heterocycles. The van der Waals surface area contributed by atoms with Gasteiger partial charge < -0.3 is 25.0 Å². The summed E-state index contributed by atoms with van der Waals surface area (Å²) in [5.74, 6) is 1.62. The highest BCUT2D eigenvalue weighted by Gasteiger charge is 2.57. The van der Waals surface area contributed by atoms with Crippen LogP contribution < -0.4 is 15.4 Å². The lowest BCUT2D eigenvalue weighted by atomic mass is 9.60. The molecule has 1 heterocycles. The number of hydrogen-bond donors (Lipinski definition) is 2. The van der Waals surface area contributed by atoms with Gasteiger partial charge in [0.2, 0.25) is 5.91 Å². The number of likely N-dealkylation sites (N-methyl/N-ethyl adjacent to an activating group) is 1. The summed E-state index contributed by atoms with van der Waals surface area (Å²) in [6.45, 7) is 3.63. The van der Waals surface area contributed by atoms with E-state index in [0.717, 1.165) is 30.8 Å². The number of hydrogen-bond acceptors (Lipinski definition) is 4. The first kappa shape index (κ1) is 21.9. The predicted octanol–water partition coefficient (Wildman–Crippen LogP) is 2.87. The van der Waals surface area contributed by atoms with Gasteiger partial charge in [-0.3, -0.25) is 4.79 Å². The van der Waals surface area contributed by atoms with Crippen LogP contribution in [0.1, 0.15) is 57.1 Å². The first-order chi connectivity index (χ1) is 15.0. The third-order valence-electron chi connectivity index (χ3n) is 7.14. The minimum atomic E-state index is -0.00939. The summed E-state index contributed by atoms with van der Waals surface area (Å²) in [6, 6.07) is 8.57. The number of fused-ring (bicyclic) bond motifs is 1. The third kappa shape index (κ3) is 4.52. The van der Waals surface area contributed by atoms with Crippen LogP contribution in [0, 0.1) is 5.41 Å². The van der Waals surface area contributed by atoms with Crippen LogP contribution in [0.2, 0.25) is 0 Å². The van der Waals surface area contributed by atoms with Gasteiger partial charge in [-0.2, -0.15) is 0 Å². The molecule has 2 N–H and O–H groups in total. The number of amides is 1. The number of para-hydroxylation sites is 1. The number of carbonyl (C=O) groups is 1. The van der Waals surface area contributed by atoms with Gasteiger partial charge in [-0.25, -0.2) is 4.99 Å². The van der Waals surface area contributed by atoms with Crippen LogP contribution in [0.4, 0.5) is 0 Å². The van der Waals surface area contributed by atoms with E-state index in [1.54, 1.807) is 19.0 Å². The minimum absolute atomic E-state index is 0.00939. The zero-order valence-electron chi connectivity index (χ0n) is 19.0. The van der Waals surface area contributed by atoms with E-state index in [2.05, 4.69) is 28.6 Å². The molecule has 1 amide bonds. The molecule has 170 valence electrons. The first-order valence-electron chi connectivity index (χ1n) is 11.6. The molecule has 0 radical (unpaired) electrons. The Labute approximate surface area is 185 Å². The van der Waals surface area contributed by atoms with E-state index in [1.165, 1.54) is 25.7 Å². The number of rotatable bonds is 6. The molecule has 1 aromatic rings. The lowest BCUT2D eigenvalue weighted by Crippen LogP contribution is -2.65. The van der Waals surface area contributed by atoms with Crippen LogP contribution in [0.15, 0.2) is 29.3 Å². The van der Waals surface area contributed by atoms with Crippen molar-refractivity contribution in [1.29, 1.82) is 0 Å². The largest absolute Gasteiger partial charge is 0.493 e. The number of carbonyl (C=O) groups excluding carboxylic acids is 1.